The third-order valence-corrected chi connectivity index (χ3v) is 3.71. The fourth-order valence-corrected chi connectivity index (χ4v) is 2.59. The fourth-order valence-electron chi connectivity index (χ4n) is 2.59. The van der Waals surface area contributed by atoms with Gasteiger partial charge in [0.25, 0.3) is 0 Å². The van der Waals surface area contributed by atoms with Crippen molar-refractivity contribution in [3.05, 3.63) is 17.5 Å². The number of nitrogens with two attached hydrogens (primary N) is 1. The molecule has 1 aliphatic heterocycles. The molecule has 2 rings (SSSR count). The lowest BCUT2D eigenvalue weighted by molar-refractivity contribution is 0.185. The maximum Gasteiger partial charge on any atom is 0.314 e. The first kappa shape index (κ1) is 13.9. The Bertz CT molecular complexity index is 434. The summed E-state index contributed by atoms with van der Waals surface area (Å²) in [5.74, 6) is 0. The van der Waals surface area contributed by atoms with Crippen molar-refractivity contribution in [3.8, 4) is 0 Å². The molecule has 1 aromatic heterocycles. The lowest BCUT2D eigenvalue weighted by atomic mass is 10.0. The van der Waals surface area contributed by atoms with Gasteiger partial charge in [0.1, 0.15) is 0 Å². The first-order valence-corrected chi connectivity index (χ1v) is 6.89. The molecule has 0 aromatic carbocycles. The number of aryl methyl sites for hydroxylation is 2. The third kappa shape index (κ3) is 3.47. The molecule has 0 atom stereocenters. The van der Waals surface area contributed by atoms with Gasteiger partial charge in [-0.05, 0) is 19.3 Å². The van der Waals surface area contributed by atoms with Crippen LogP contribution in [0.3, 0.4) is 0 Å². The van der Waals surface area contributed by atoms with Crippen LogP contribution >= 0.6 is 0 Å². The van der Waals surface area contributed by atoms with Crippen LogP contribution in [0.15, 0.2) is 6.20 Å². The van der Waals surface area contributed by atoms with E-state index < -0.39 is 0 Å². The zero-order valence-electron chi connectivity index (χ0n) is 11.7. The first-order chi connectivity index (χ1) is 9.10. The van der Waals surface area contributed by atoms with Gasteiger partial charge in [0.2, 0.25) is 0 Å². The van der Waals surface area contributed by atoms with Crippen molar-refractivity contribution in [1.29, 1.82) is 0 Å². The lowest BCUT2D eigenvalue weighted by Gasteiger charge is -2.31. The van der Waals surface area contributed by atoms with Crippen molar-refractivity contribution in [2.45, 2.75) is 38.8 Å². The molecule has 2 amide bonds. The van der Waals surface area contributed by atoms with Crippen molar-refractivity contribution in [2.24, 2.45) is 12.8 Å². The summed E-state index contributed by atoms with van der Waals surface area (Å²) in [5.41, 5.74) is 7.70. The number of amides is 2. The van der Waals surface area contributed by atoms with Crippen LogP contribution in [0.25, 0.3) is 0 Å². The molecule has 1 saturated heterocycles. The maximum atomic E-state index is 11.0. The topological polar surface area (TPSA) is 76.2 Å². The number of carbonyl (C=O) groups excluding carboxylic acids is 1. The van der Waals surface area contributed by atoms with Crippen molar-refractivity contribution >= 4 is 6.03 Å². The molecule has 6 heteroatoms. The molecule has 106 valence electrons. The highest BCUT2D eigenvalue weighted by molar-refractivity contribution is 5.72. The Morgan fingerprint density at radius 3 is 2.79 bits per heavy atom. The smallest absolute Gasteiger partial charge is 0.314 e. The number of hydrogen-bond acceptors (Lipinski definition) is 3. The van der Waals surface area contributed by atoms with Crippen molar-refractivity contribution in [2.75, 3.05) is 13.1 Å². The molecule has 1 fully saturated rings. The van der Waals surface area contributed by atoms with E-state index in [0.29, 0.717) is 6.04 Å². The molecule has 19 heavy (non-hydrogen) atoms. The highest BCUT2D eigenvalue weighted by Gasteiger charge is 2.21. The van der Waals surface area contributed by atoms with E-state index in [-0.39, 0.29) is 6.03 Å². The summed E-state index contributed by atoms with van der Waals surface area (Å²) >= 11 is 0. The van der Waals surface area contributed by atoms with Gasteiger partial charge in [0, 0.05) is 44.5 Å². The number of hydrogen-bond donors (Lipinski definition) is 2. The van der Waals surface area contributed by atoms with E-state index in [1.807, 2.05) is 11.7 Å². The average molecular weight is 265 g/mol. The Labute approximate surface area is 113 Å². The molecule has 0 radical (unpaired) electrons. The maximum absolute atomic E-state index is 11.0. The second-order valence-electron chi connectivity index (χ2n) is 5.11. The van der Waals surface area contributed by atoms with Gasteiger partial charge in [-0.2, -0.15) is 5.10 Å². The minimum Gasteiger partial charge on any atom is -0.351 e. The summed E-state index contributed by atoms with van der Waals surface area (Å²) in [4.78, 5) is 12.8. The molecular weight excluding hydrogens is 242 g/mol. The van der Waals surface area contributed by atoms with Gasteiger partial charge in [0.05, 0.1) is 5.69 Å². The molecule has 1 aliphatic rings. The zero-order valence-corrected chi connectivity index (χ0v) is 11.7. The Morgan fingerprint density at radius 2 is 2.21 bits per heavy atom. The highest BCUT2D eigenvalue weighted by atomic mass is 16.2. The van der Waals surface area contributed by atoms with Crippen LogP contribution in [0, 0.1) is 0 Å². The number of nitrogens with zero attached hydrogens (tertiary/aromatic N) is 3. The molecular formula is C13H23N5O. The molecule has 2 heterocycles. The van der Waals surface area contributed by atoms with Crippen LogP contribution in [0.1, 0.15) is 31.0 Å². The number of rotatable bonds is 4. The van der Waals surface area contributed by atoms with E-state index in [2.05, 4.69) is 23.5 Å². The average Bonchev–Trinajstić information content (AvgIpc) is 2.77. The molecule has 0 spiro atoms. The van der Waals surface area contributed by atoms with E-state index in [4.69, 9.17) is 5.73 Å². The fraction of sp³-hybridized carbons (Fsp3) is 0.692. The first-order valence-electron chi connectivity index (χ1n) is 6.89. The van der Waals surface area contributed by atoms with E-state index in [1.54, 1.807) is 4.90 Å². The van der Waals surface area contributed by atoms with Crippen molar-refractivity contribution < 1.29 is 4.79 Å². The summed E-state index contributed by atoms with van der Waals surface area (Å²) in [6, 6.07) is 0.152. The van der Waals surface area contributed by atoms with Crippen LogP contribution in [-0.4, -0.2) is 39.8 Å². The minimum absolute atomic E-state index is 0.307. The van der Waals surface area contributed by atoms with E-state index in [9.17, 15) is 4.79 Å². The van der Waals surface area contributed by atoms with Gasteiger partial charge in [-0.3, -0.25) is 4.68 Å². The summed E-state index contributed by atoms with van der Waals surface area (Å²) in [5, 5.41) is 7.99. The zero-order chi connectivity index (χ0) is 13.8. The van der Waals surface area contributed by atoms with Gasteiger partial charge in [-0.25, -0.2) is 4.79 Å². The molecule has 0 saturated carbocycles. The van der Waals surface area contributed by atoms with E-state index in [0.717, 1.165) is 44.6 Å². The standard InChI is InChI=1S/C13H23N5O/c1-3-12-10(9-17(2)16-12)8-15-11-4-6-18(7-5-11)13(14)19/h9,11,15H,3-8H2,1-2H3,(H2,14,19). The quantitative estimate of drug-likeness (QED) is 0.837. The van der Waals surface area contributed by atoms with Crippen molar-refractivity contribution in [3.63, 3.8) is 0 Å². The van der Waals surface area contributed by atoms with Crippen LogP contribution < -0.4 is 11.1 Å². The van der Waals surface area contributed by atoms with Gasteiger partial charge in [0.15, 0.2) is 0 Å². The highest BCUT2D eigenvalue weighted by Crippen LogP contribution is 2.12. The number of aromatic nitrogens is 2. The summed E-state index contributed by atoms with van der Waals surface area (Å²) in [7, 11) is 1.95. The Morgan fingerprint density at radius 1 is 1.53 bits per heavy atom. The van der Waals surface area contributed by atoms with Crippen molar-refractivity contribution in [1.82, 2.24) is 20.0 Å². The molecule has 0 aliphatic carbocycles. The molecule has 6 nitrogen and oxygen atoms in total. The van der Waals surface area contributed by atoms with Crippen LogP contribution in [0.4, 0.5) is 4.79 Å². The van der Waals surface area contributed by atoms with Gasteiger partial charge in [-0.1, -0.05) is 6.92 Å². The minimum atomic E-state index is -0.307. The lowest BCUT2D eigenvalue weighted by Crippen LogP contribution is -2.46. The SMILES string of the molecule is CCc1nn(C)cc1CNC1CCN(C(N)=O)CC1. The number of carbonyl (C=O) groups is 1. The Kier molecular flexibility index (Phi) is 4.42. The van der Waals surface area contributed by atoms with Crippen LogP contribution in [0.5, 0.6) is 0 Å². The number of piperidine rings is 1. The predicted octanol–water partition coefficient (Wildman–Crippen LogP) is 0.615. The summed E-state index contributed by atoms with van der Waals surface area (Å²) in [6.45, 7) is 4.47. The van der Waals surface area contributed by atoms with E-state index in [1.165, 1.54) is 5.56 Å². The van der Waals surface area contributed by atoms with Gasteiger partial charge in [-0.15, -0.1) is 0 Å². The molecule has 1 aromatic rings. The third-order valence-electron chi connectivity index (χ3n) is 3.71. The predicted molar refractivity (Wildman–Crippen MR) is 73.6 cm³/mol. The number of urea groups is 1. The summed E-state index contributed by atoms with van der Waals surface area (Å²) < 4.78 is 1.87. The Balaban J connectivity index is 1.82. The normalized spacial score (nSPS) is 16.8. The number of nitrogens with one attached hydrogen (secondary N) is 1. The molecule has 0 bridgehead atoms. The molecule has 0 unspecified atom stereocenters. The number of likely N-dealkylation sites (tertiary alicyclic amines) is 1. The van der Waals surface area contributed by atoms with E-state index >= 15 is 0 Å². The Hall–Kier alpha value is -1.56. The van der Waals surface area contributed by atoms with Gasteiger partial charge < -0.3 is 16.0 Å². The molecule has 3 N–H and O–H groups in total. The largest absolute Gasteiger partial charge is 0.351 e. The van der Waals surface area contributed by atoms with Crippen LogP contribution in [-0.2, 0) is 20.0 Å². The summed E-state index contributed by atoms with van der Waals surface area (Å²) in [6.07, 6.45) is 4.96. The number of primary amides is 1. The van der Waals surface area contributed by atoms with Gasteiger partial charge >= 0.3 is 6.03 Å². The monoisotopic (exact) mass is 265 g/mol. The second-order valence-corrected chi connectivity index (χ2v) is 5.11. The second kappa shape index (κ2) is 6.06. The van der Waals surface area contributed by atoms with Crippen LogP contribution in [0.2, 0.25) is 0 Å².